The van der Waals surface area contributed by atoms with Crippen molar-refractivity contribution in [3.63, 3.8) is 0 Å². The molecule has 44 valence electrons. The van der Waals surface area contributed by atoms with E-state index in [1.54, 1.807) is 13.3 Å². The Morgan fingerprint density at radius 2 is 2.00 bits per heavy atom. The van der Waals surface area contributed by atoms with E-state index in [0.717, 1.165) is 6.42 Å². The summed E-state index contributed by atoms with van der Waals surface area (Å²) in [6.45, 7) is 3.50. The van der Waals surface area contributed by atoms with Crippen LogP contribution in [0.3, 0.4) is 0 Å². The zero-order valence-corrected chi connectivity index (χ0v) is 9.32. The molecule has 0 rings (SSSR count). The third kappa shape index (κ3) is 15.7. The fourth-order valence-corrected chi connectivity index (χ4v) is 0.287. The second-order valence-corrected chi connectivity index (χ2v) is 1.22. The first kappa shape index (κ1) is 16.1. The maximum absolute atomic E-state index is 9.99. The summed E-state index contributed by atoms with van der Waals surface area (Å²) in [5.41, 5.74) is 0. The predicted octanol–water partition coefficient (Wildman–Crippen LogP) is -1.36. The number of rotatable bonds is 2. The Hall–Kier alpha value is 1.18. The summed E-state index contributed by atoms with van der Waals surface area (Å²) in [6.07, 6.45) is 2.51. The molecular formula is C6H12KO-. The molecule has 0 aromatic rings. The normalized spacial score (nSPS) is 5.75. The minimum Gasteiger partial charge on any atom is -0.358 e. The average molecular weight is 139 g/mol. The van der Waals surface area contributed by atoms with Crippen molar-refractivity contribution in [3.8, 4) is 0 Å². The van der Waals surface area contributed by atoms with Crippen molar-refractivity contribution in [3.05, 3.63) is 13.8 Å². The first-order chi connectivity index (χ1) is 2.77. The summed E-state index contributed by atoms with van der Waals surface area (Å²) in [7, 11) is 0. The van der Waals surface area contributed by atoms with Crippen molar-refractivity contribution in [2.75, 3.05) is 0 Å². The Labute approximate surface area is 94.7 Å². The summed E-state index contributed by atoms with van der Waals surface area (Å²) in [6, 6.07) is 0. The van der Waals surface area contributed by atoms with Gasteiger partial charge in [0.1, 0.15) is 0 Å². The van der Waals surface area contributed by atoms with Crippen LogP contribution in [0.4, 0.5) is 0 Å². The van der Waals surface area contributed by atoms with E-state index in [1.165, 1.54) is 0 Å². The molecule has 0 fully saturated rings. The van der Waals surface area contributed by atoms with E-state index in [9.17, 15) is 4.79 Å². The fourth-order valence-electron chi connectivity index (χ4n) is 0.287. The van der Waals surface area contributed by atoms with Gasteiger partial charge in [-0.1, -0.05) is 6.92 Å². The van der Waals surface area contributed by atoms with E-state index in [-0.39, 0.29) is 64.6 Å². The van der Waals surface area contributed by atoms with E-state index in [4.69, 9.17) is 0 Å². The molecule has 0 unspecified atom stereocenters. The van der Waals surface area contributed by atoms with Gasteiger partial charge in [0.15, 0.2) is 0 Å². The zero-order valence-electron chi connectivity index (χ0n) is 6.19. The molecule has 0 saturated heterocycles. The van der Waals surface area contributed by atoms with E-state index in [0.29, 0.717) is 0 Å². The molecule has 0 aliphatic rings. The van der Waals surface area contributed by atoms with Crippen LogP contribution >= 0.6 is 0 Å². The smallest absolute Gasteiger partial charge is 0.358 e. The largest absolute Gasteiger partial charge is 1.00 e. The van der Waals surface area contributed by atoms with Crippen LogP contribution in [0, 0.1) is 13.8 Å². The number of hydrogen-bond acceptors (Lipinski definition) is 1. The molecule has 0 aliphatic carbocycles. The van der Waals surface area contributed by atoms with Gasteiger partial charge in [-0.15, -0.1) is 0 Å². The third-order valence-corrected chi connectivity index (χ3v) is 0.492. The third-order valence-electron chi connectivity index (χ3n) is 0.492. The zero-order chi connectivity index (χ0) is 4.99. The number of carbonyl (C=O) groups excluding carboxylic acids is 1. The van der Waals surface area contributed by atoms with Crippen molar-refractivity contribution in [1.82, 2.24) is 0 Å². The molecule has 0 bridgehead atoms. The maximum Gasteiger partial charge on any atom is 1.00 e. The van der Waals surface area contributed by atoms with Gasteiger partial charge >= 0.3 is 51.4 Å². The molecule has 0 aliphatic heterocycles. The summed E-state index contributed by atoms with van der Waals surface area (Å²) in [4.78, 5) is 9.99. The van der Waals surface area contributed by atoms with Gasteiger partial charge in [-0.2, -0.15) is 6.42 Å². The maximum atomic E-state index is 9.99. The van der Waals surface area contributed by atoms with Gasteiger partial charge in [-0.25, -0.2) is 0 Å². The SMILES string of the molecule is CC[CH-]C(C)=O.[CH3-].[K+]. The van der Waals surface area contributed by atoms with Crippen LogP contribution in [-0.2, 0) is 4.79 Å². The van der Waals surface area contributed by atoms with Crippen LogP contribution in [0.15, 0.2) is 0 Å². The van der Waals surface area contributed by atoms with Gasteiger partial charge in [0.25, 0.3) is 0 Å². The molecule has 0 aromatic heterocycles. The van der Waals surface area contributed by atoms with Crippen molar-refractivity contribution >= 4 is 5.78 Å². The van der Waals surface area contributed by atoms with Gasteiger partial charge in [0.2, 0.25) is 0 Å². The van der Waals surface area contributed by atoms with Gasteiger partial charge in [-0.05, 0) is 12.7 Å². The molecule has 0 amide bonds. The Kier molecular flexibility index (Phi) is 22.2. The summed E-state index contributed by atoms with van der Waals surface area (Å²) < 4.78 is 0. The molecule has 0 radical (unpaired) electrons. The topological polar surface area (TPSA) is 17.1 Å². The van der Waals surface area contributed by atoms with Crippen molar-refractivity contribution in [2.45, 2.75) is 20.3 Å². The van der Waals surface area contributed by atoms with Crippen LogP contribution in [-0.4, -0.2) is 5.78 Å². The van der Waals surface area contributed by atoms with Crippen molar-refractivity contribution in [2.24, 2.45) is 0 Å². The molecule has 0 atom stereocenters. The molecule has 0 spiro atoms. The van der Waals surface area contributed by atoms with Gasteiger partial charge in [0.05, 0.1) is 0 Å². The first-order valence-corrected chi connectivity index (χ1v) is 2.11. The standard InChI is InChI=1S/C5H9O.CH3.K/c1-3-4-5(2)6;;/h4H,3H2,1-2H3;1H3;/q2*-1;+1. The predicted molar refractivity (Wildman–Crippen MR) is 31.7 cm³/mol. The van der Waals surface area contributed by atoms with Crippen molar-refractivity contribution in [1.29, 1.82) is 0 Å². The number of Topliss-reactive ketones (excluding diaryl/α,β-unsaturated/α-hetero) is 1. The molecule has 0 heterocycles. The van der Waals surface area contributed by atoms with Gasteiger partial charge < -0.3 is 18.6 Å². The minimum absolute atomic E-state index is 0. The van der Waals surface area contributed by atoms with E-state index < -0.39 is 0 Å². The summed E-state index contributed by atoms with van der Waals surface area (Å²) in [5, 5.41) is 0. The summed E-state index contributed by atoms with van der Waals surface area (Å²) in [5.74, 6) is 0.164. The van der Waals surface area contributed by atoms with E-state index in [1.807, 2.05) is 6.92 Å². The molecule has 0 aromatic carbocycles. The van der Waals surface area contributed by atoms with Crippen LogP contribution in [0.2, 0.25) is 0 Å². The molecule has 2 heteroatoms. The van der Waals surface area contributed by atoms with Crippen LogP contribution in [0.1, 0.15) is 20.3 Å². The number of ketones is 1. The van der Waals surface area contributed by atoms with Crippen LogP contribution in [0.25, 0.3) is 0 Å². The van der Waals surface area contributed by atoms with Gasteiger partial charge in [0, 0.05) is 0 Å². The van der Waals surface area contributed by atoms with E-state index in [2.05, 4.69) is 0 Å². The second kappa shape index (κ2) is 11.0. The monoisotopic (exact) mass is 139 g/mol. The van der Waals surface area contributed by atoms with Crippen LogP contribution in [0.5, 0.6) is 0 Å². The molecular weight excluding hydrogens is 127 g/mol. The Bertz CT molecular complexity index is 52.5. The minimum atomic E-state index is 0. The first-order valence-electron chi connectivity index (χ1n) is 2.11. The Morgan fingerprint density at radius 1 is 1.62 bits per heavy atom. The van der Waals surface area contributed by atoms with Gasteiger partial charge in [-0.3, -0.25) is 0 Å². The average Bonchev–Trinajstić information content (AvgIpc) is 1.35. The summed E-state index contributed by atoms with van der Waals surface area (Å²) >= 11 is 0. The molecule has 0 N–H and O–H groups in total. The quantitative estimate of drug-likeness (QED) is 0.341. The fraction of sp³-hybridized carbons (Fsp3) is 0.500. The molecule has 8 heavy (non-hydrogen) atoms. The van der Waals surface area contributed by atoms with Crippen molar-refractivity contribution < 1.29 is 56.2 Å². The van der Waals surface area contributed by atoms with E-state index >= 15 is 0 Å². The number of hydrogen-bond donors (Lipinski definition) is 0. The van der Waals surface area contributed by atoms with Crippen LogP contribution < -0.4 is 51.4 Å². The Balaban J connectivity index is -0.000000125. The Morgan fingerprint density at radius 3 is 2.00 bits per heavy atom. The number of carbonyl (C=O) groups is 1. The second-order valence-electron chi connectivity index (χ2n) is 1.22. The molecule has 1 nitrogen and oxygen atoms in total. The molecule has 0 saturated carbocycles.